The maximum Gasteiger partial charge on any atom is 0.382 e. The number of aliphatic hydroxyl groups excluding tert-OH is 1. The van der Waals surface area contributed by atoms with E-state index >= 15 is 0 Å². The second kappa shape index (κ2) is 5.41. The molecular weight excluding hydrogens is 288 g/mol. The van der Waals surface area contributed by atoms with Gasteiger partial charge in [0.1, 0.15) is 6.20 Å². The van der Waals surface area contributed by atoms with Crippen LogP contribution in [-0.2, 0) is 6.54 Å². The fourth-order valence-electron chi connectivity index (χ4n) is 2.32. The Balaban J connectivity index is 2.33. The number of benzene rings is 1. The van der Waals surface area contributed by atoms with E-state index in [1.807, 2.05) is 30.3 Å². The average Bonchev–Trinajstić information content (AvgIpc) is 2.95. The monoisotopic (exact) mass is 300 g/mol. The number of aliphatic hydroxyl groups is 1. The van der Waals surface area contributed by atoms with E-state index in [2.05, 4.69) is 4.98 Å². The van der Waals surface area contributed by atoms with E-state index in [-0.39, 0.29) is 18.8 Å². The zero-order valence-corrected chi connectivity index (χ0v) is 11.4. The van der Waals surface area contributed by atoms with E-state index in [0.29, 0.717) is 5.69 Å². The Labute approximate surface area is 124 Å². The van der Waals surface area contributed by atoms with Crippen molar-refractivity contribution in [3.05, 3.63) is 63.2 Å². The normalized spacial score (nSPS) is 11.0. The molecule has 1 aromatic carbocycles. The van der Waals surface area contributed by atoms with Gasteiger partial charge in [-0.15, -0.1) is 0 Å². The van der Waals surface area contributed by atoms with Crippen molar-refractivity contribution in [2.75, 3.05) is 6.61 Å². The fraction of sp³-hybridized carbons (Fsp3) is 0.143. The standard InChI is InChI=1S/C14H12N4O4/c19-7-6-17-11(10-4-2-1-3-5-10)8-16-9-12(18(21)22)15-13(16)14(17)20/h1-5,8-9,19H,6-7H2. The van der Waals surface area contributed by atoms with Crippen molar-refractivity contribution in [1.29, 1.82) is 0 Å². The summed E-state index contributed by atoms with van der Waals surface area (Å²) in [5.74, 6) is -0.391. The molecule has 0 saturated heterocycles. The van der Waals surface area contributed by atoms with E-state index in [4.69, 9.17) is 0 Å². The van der Waals surface area contributed by atoms with E-state index in [1.165, 1.54) is 15.2 Å². The minimum atomic E-state index is -0.648. The van der Waals surface area contributed by atoms with Crippen LogP contribution in [0.25, 0.3) is 16.9 Å². The molecule has 112 valence electrons. The van der Waals surface area contributed by atoms with Gasteiger partial charge in [-0.2, -0.15) is 0 Å². The number of nitrogens with zero attached hydrogens (tertiary/aromatic N) is 4. The summed E-state index contributed by atoms with van der Waals surface area (Å²) in [5, 5.41) is 20.0. The Hall–Kier alpha value is -3.00. The number of fused-ring (bicyclic) bond motifs is 1. The Bertz CT molecular complexity index is 898. The summed E-state index contributed by atoms with van der Waals surface area (Å²) in [6.07, 6.45) is 2.80. The largest absolute Gasteiger partial charge is 0.395 e. The number of nitro groups is 1. The van der Waals surface area contributed by atoms with Gasteiger partial charge in [-0.3, -0.25) is 13.8 Å². The number of hydrogen-bond donors (Lipinski definition) is 1. The Morgan fingerprint density at radius 2 is 1.95 bits per heavy atom. The third-order valence-corrected chi connectivity index (χ3v) is 3.29. The van der Waals surface area contributed by atoms with Gasteiger partial charge >= 0.3 is 17.0 Å². The lowest BCUT2D eigenvalue weighted by atomic mass is 10.1. The molecule has 0 atom stereocenters. The van der Waals surface area contributed by atoms with Gasteiger partial charge in [0, 0.05) is 12.7 Å². The van der Waals surface area contributed by atoms with Gasteiger partial charge in [0.25, 0.3) is 0 Å². The average molecular weight is 300 g/mol. The quantitative estimate of drug-likeness (QED) is 0.573. The SMILES string of the molecule is O=c1c2nc([N+](=O)[O-])cn2cc(-c2ccccc2)n1CCO. The van der Waals surface area contributed by atoms with Crippen molar-refractivity contribution in [3.8, 4) is 11.3 Å². The Kier molecular flexibility index (Phi) is 3.43. The zero-order valence-electron chi connectivity index (χ0n) is 11.4. The van der Waals surface area contributed by atoms with Crippen molar-refractivity contribution in [1.82, 2.24) is 14.0 Å². The van der Waals surface area contributed by atoms with Crippen LogP contribution in [0.2, 0.25) is 0 Å². The third-order valence-electron chi connectivity index (χ3n) is 3.29. The molecule has 0 bridgehead atoms. The lowest BCUT2D eigenvalue weighted by Crippen LogP contribution is -2.25. The van der Waals surface area contributed by atoms with Crippen molar-refractivity contribution < 1.29 is 10.0 Å². The predicted molar refractivity (Wildman–Crippen MR) is 78.6 cm³/mol. The van der Waals surface area contributed by atoms with Crippen LogP contribution in [0, 0.1) is 10.1 Å². The van der Waals surface area contributed by atoms with Crippen LogP contribution in [0.4, 0.5) is 5.82 Å². The van der Waals surface area contributed by atoms with Gasteiger partial charge in [-0.05, 0) is 15.5 Å². The zero-order chi connectivity index (χ0) is 15.7. The molecule has 2 aromatic heterocycles. The molecule has 0 aliphatic carbocycles. The Morgan fingerprint density at radius 1 is 1.23 bits per heavy atom. The molecule has 22 heavy (non-hydrogen) atoms. The van der Waals surface area contributed by atoms with E-state index in [0.717, 1.165) is 5.56 Å². The predicted octanol–water partition coefficient (Wildman–Crippen LogP) is 1.06. The summed E-state index contributed by atoms with van der Waals surface area (Å²) in [5.41, 5.74) is 0.800. The summed E-state index contributed by atoms with van der Waals surface area (Å²) in [6, 6.07) is 9.13. The summed E-state index contributed by atoms with van der Waals surface area (Å²) in [4.78, 5) is 26.4. The minimum Gasteiger partial charge on any atom is -0.395 e. The number of hydrogen-bond acceptors (Lipinski definition) is 5. The first-order valence-electron chi connectivity index (χ1n) is 6.55. The second-order valence-corrected chi connectivity index (χ2v) is 4.65. The van der Waals surface area contributed by atoms with Crippen LogP contribution < -0.4 is 5.56 Å². The number of rotatable bonds is 4. The van der Waals surface area contributed by atoms with E-state index < -0.39 is 16.3 Å². The van der Waals surface area contributed by atoms with Gasteiger partial charge in [0.15, 0.2) is 0 Å². The van der Waals surface area contributed by atoms with Crippen molar-refractivity contribution >= 4 is 11.5 Å². The van der Waals surface area contributed by atoms with Crippen LogP contribution in [0.1, 0.15) is 0 Å². The molecule has 3 rings (SSSR count). The van der Waals surface area contributed by atoms with Gasteiger partial charge in [-0.25, -0.2) is 0 Å². The molecule has 8 nitrogen and oxygen atoms in total. The highest BCUT2D eigenvalue weighted by Gasteiger charge is 2.20. The Morgan fingerprint density at radius 3 is 2.59 bits per heavy atom. The third kappa shape index (κ3) is 2.25. The first-order valence-corrected chi connectivity index (χ1v) is 6.55. The van der Waals surface area contributed by atoms with Crippen LogP contribution in [0.15, 0.2) is 47.5 Å². The molecule has 0 spiro atoms. The van der Waals surface area contributed by atoms with Crippen LogP contribution in [0.3, 0.4) is 0 Å². The van der Waals surface area contributed by atoms with Gasteiger partial charge in [0.05, 0.1) is 12.3 Å². The molecule has 8 heteroatoms. The van der Waals surface area contributed by atoms with Crippen molar-refractivity contribution in [2.45, 2.75) is 6.54 Å². The second-order valence-electron chi connectivity index (χ2n) is 4.65. The lowest BCUT2D eigenvalue weighted by Gasteiger charge is -2.11. The molecule has 1 N–H and O–H groups in total. The van der Waals surface area contributed by atoms with Crippen molar-refractivity contribution in [3.63, 3.8) is 0 Å². The van der Waals surface area contributed by atoms with Gasteiger partial charge < -0.3 is 15.2 Å². The maximum absolute atomic E-state index is 12.5. The van der Waals surface area contributed by atoms with Crippen LogP contribution >= 0.6 is 0 Å². The van der Waals surface area contributed by atoms with Gasteiger partial charge in [-0.1, -0.05) is 30.3 Å². The molecule has 0 amide bonds. The highest BCUT2D eigenvalue weighted by molar-refractivity contribution is 5.61. The minimum absolute atomic E-state index is 0.0418. The van der Waals surface area contributed by atoms with Gasteiger partial charge in [0.2, 0.25) is 0 Å². The van der Waals surface area contributed by atoms with Crippen molar-refractivity contribution in [2.24, 2.45) is 0 Å². The van der Waals surface area contributed by atoms with E-state index in [9.17, 15) is 20.0 Å². The highest BCUT2D eigenvalue weighted by Crippen LogP contribution is 2.19. The first-order chi connectivity index (χ1) is 10.6. The number of imidazole rings is 1. The van der Waals surface area contributed by atoms with Crippen LogP contribution in [-0.4, -0.2) is 30.6 Å². The summed E-state index contributed by atoms with van der Waals surface area (Å²) in [7, 11) is 0. The summed E-state index contributed by atoms with van der Waals surface area (Å²) in [6.45, 7) is -0.140. The van der Waals surface area contributed by atoms with Crippen LogP contribution in [0.5, 0.6) is 0 Å². The molecular formula is C14H12N4O4. The lowest BCUT2D eigenvalue weighted by molar-refractivity contribution is -0.389. The number of aromatic nitrogens is 3. The molecule has 0 aliphatic heterocycles. The molecule has 0 saturated carbocycles. The fourth-order valence-corrected chi connectivity index (χ4v) is 2.32. The molecule has 0 radical (unpaired) electrons. The van der Waals surface area contributed by atoms with E-state index in [1.54, 1.807) is 6.20 Å². The molecule has 0 unspecified atom stereocenters. The molecule has 3 aromatic rings. The molecule has 0 aliphatic rings. The smallest absolute Gasteiger partial charge is 0.382 e. The maximum atomic E-state index is 12.5. The highest BCUT2D eigenvalue weighted by atomic mass is 16.6. The summed E-state index contributed by atoms with van der Waals surface area (Å²) >= 11 is 0. The first kappa shape index (κ1) is 14.0. The summed E-state index contributed by atoms with van der Waals surface area (Å²) < 4.78 is 2.71. The molecule has 0 fully saturated rings. The topological polar surface area (TPSA) is 103 Å². The molecule has 2 heterocycles.